The number of aromatic nitrogens is 1. The smallest absolute Gasteiger partial charge is 0.0900 e. The van der Waals surface area contributed by atoms with Gasteiger partial charge in [0.1, 0.15) is 0 Å². The number of thiazole rings is 1. The predicted molar refractivity (Wildman–Crippen MR) is 58.9 cm³/mol. The summed E-state index contributed by atoms with van der Waals surface area (Å²) in [6.45, 7) is 2.10. The molecule has 0 aliphatic heterocycles. The Kier molecular flexibility index (Phi) is 3.30. The topological polar surface area (TPSA) is 12.9 Å². The zero-order valence-corrected chi connectivity index (χ0v) is 9.74. The van der Waals surface area contributed by atoms with Gasteiger partial charge in [0.2, 0.25) is 0 Å². The summed E-state index contributed by atoms with van der Waals surface area (Å²) in [5.41, 5.74) is 1.38. The molecule has 1 aromatic heterocycles. The zero-order chi connectivity index (χ0) is 6.97. The lowest BCUT2D eigenvalue weighted by Crippen LogP contribution is -1.98. The third-order valence-electron chi connectivity index (χ3n) is 1.95. The highest BCUT2D eigenvalue weighted by Gasteiger charge is 2.12. The Balaban J connectivity index is 0.000000605. The Labute approximate surface area is 88.3 Å². The zero-order valence-electron chi connectivity index (χ0n) is 6.59. The van der Waals surface area contributed by atoms with Crippen molar-refractivity contribution in [1.82, 2.24) is 4.98 Å². The van der Waals surface area contributed by atoms with Gasteiger partial charge in [-0.3, -0.25) is 0 Å². The Hall–Kier alpha value is 0.360. The summed E-state index contributed by atoms with van der Waals surface area (Å²) in [5.74, 6) is 0. The fraction of sp³-hybridized carbons (Fsp3) is 0.625. The minimum absolute atomic E-state index is 0. The highest BCUT2D eigenvalue weighted by atomic mass is 127. The maximum Gasteiger partial charge on any atom is 0.0900 e. The first-order valence-corrected chi connectivity index (χ1v) is 4.63. The first-order valence-electron chi connectivity index (χ1n) is 3.81. The Morgan fingerprint density at radius 1 is 1.27 bits per heavy atom. The maximum absolute atomic E-state index is 4.47. The van der Waals surface area contributed by atoms with E-state index < -0.39 is 0 Å². The van der Waals surface area contributed by atoms with E-state index >= 15 is 0 Å². The molecule has 1 aliphatic carbocycles. The van der Waals surface area contributed by atoms with Crippen molar-refractivity contribution in [1.29, 1.82) is 0 Å². The van der Waals surface area contributed by atoms with Gasteiger partial charge in [-0.2, -0.15) is 0 Å². The first-order chi connectivity index (χ1) is 4.86. The summed E-state index contributed by atoms with van der Waals surface area (Å²) in [5, 5.41) is 1.24. The van der Waals surface area contributed by atoms with Crippen molar-refractivity contribution in [2.45, 2.75) is 32.6 Å². The van der Waals surface area contributed by atoms with Crippen LogP contribution in [0.1, 0.15) is 28.4 Å². The quantitative estimate of drug-likeness (QED) is 0.666. The van der Waals surface area contributed by atoms with Gasteiger partial charge in [-0.15, -0.1) is 35.3 Å². The molecular formula is C8H12INS. The number of halogens is 1. The van der Waals surface area contributed by atoms with E-state index in [9.17, 15) is 0 Å². The minimum atomic E-state index is 0. The van der Waals surface area contributed by atoms with E-state index in [0.717, 1.165) is 0 Å². The summed E-state index contributed by atoms with van der Waals surface area (Å²) >= 11 is 1.88. The molecule has 0 N–H and O–H groups in total. The van der Waals surface area contributed by atoms with Crippen LogP contribution in [0.4, 0.5) is 0 Å². The molecule has 0 amide bonds. The van der Waals surface area contributed by atoms with Gasteiger partial charge in [-0.1, -0.05) is 0 Å². The van der Waals surface area contributed by atoms with Crippen LogP contribution in [0.3, 0.4) is 0 Å². The number of aryl methyl sites for hydroxylation is 3. The largest absolute Gasteiger partial charge is 0.246 e. The molecule has 1 heterocycles. The molecule has 0 aromatic carbocycles. The highest BCUT2D eigenvalue weighted by molar-refractivity contribution is 14.0. The second-order valence-corrected chi connectivity index (χ2v) is 4.10. The molecule has 2 rings (SSSR count). The van der Waals surface area contributed by atoms with Crippen LogP contribution in [0.5, 0.6) is 0 Å². The number of fused-ring (bicyclic) bond motifs is 1. The Bertz CT molecular complexity index is 221. The van der Waals surface area contributed by atoms with Crippen LogP contribution in [0.15, 0.2) is 0 Å². The molecule has 0 saturated carbocycles. The maximum atomic E-state index is 4.47. The lowest BCUT2D eigenvalue weighted by Gasteiger charge is -2.06. The number of hydrogen-bond donors (Lipinski definition) is 0. The molecule has 0 spiro atoms. The van der Waals surface area contributed by atoms with E-state index in [1.54, 1.807) is 4.88 Å². The van der Waals surface area contributed by atoms with Crippen molar-refractivity contribution in [3.05, 3.63) is 15.6 Å². The molecule has 1 aromatic rings. The van der Waals surface area contributed by atoms with Crippen LogP contribution in [0.2, 0.25) is 0 Å². The summed E-state index contributed by atoms with van der Waals surface area (Å²) < 4.78 is 0. The van der Waals surface area contributed by atoms with Crippen molar-refractivity contribution >= 4 is 35.3 Å². The van der Waals surface area contributed by atoms with Gasteiger partial charge in [0.05, 0.1) is 10.7 Å². The van der Waals surface area contributed by atoms with E-state index in [0.29, 0.717) is 0 Å². The van der Waals surface area contributed by atoms with Crippen molar-refractivity contribution < 1.29 is 0 Å². The van der Waals surface area contributed by atoms with Gasteiger partial charge in [0.25, 0.3) is 0 Å². The fourth-order valence-electron chi connectivity index (χ4n) is 1.48. The van der Waals surface area contributed by atoms with Gasteiger partial charge < -0.3 is 0 Å². The van der Waals surface area contributed by atoms with Crippen LogP contribution in [-0.2, 0) is 12.8 Å². The van der Waals surface area contributed by atoms with Crippen molar-refractivity contribution in [3.8, 4) is 0 Å². The average molecular weight is 281 g/mol. The minimum Gasteiger partial charge on any atom is -0.246 e. The first kappa shape index (κ1) is 9.45. The third-order valence-corrected chi connectivity index (χ3v) is 3.03. The number of rotatable bonds is 0. The monoisotopic (exact) mass is 281 g/mol. The lowest BCUT2D eigenvalue weighted by atomic mass is 10.0. The highest BCUT2D eigenvalue weighted by Crippen LogP contribution is 2.25. The standard InChI is InChI=1S/C8H11NS.HI/c1-6-9-7-4-2-3-5-8(7)10-6;/h2-5H2,1H3;1H. The van der Waals surface area contributed by atoms with Gasteiger partial charge in [-0.25, -0.2) is 4.98 Å². The Morgan fingerprint density at radius 2 is 2.00 bits per heavy atom. The molecule has 3 heteroatoms. The molecule has 0 radical (unpaired) electrons. The third kappa shape index (κ3) is 1.93. The SMILES string of the molecule is Cc1nc2c(s1)CCCC2.I. The van der Waals surface area contributed by atoms with E-state index in [4.69, 9.17) is 0 Å². The molecule has 62 valence electrons. The Morgan fingerprint density at radius 3 is 2.73 bits per heavy atom. The molecule has 0 saturated heterocycles. The summed E-state index contributed by atoms with van der Waals surface area (Å²) in [4.78, 5) is 6.01. The fourth-order valence-corrected chi connectivity index (χ4v) is 2.51. The van der Waals surface area contributed by atoms with E-state index in [1.165, 1.54) is 36.4 Å². The molecule has 1 nitrogen and oxygen atoms in total. The molecule has 0 unspecified atom stereocenters. The van der Waals surface area contributed by atoms with Crippen LogP contribution < -0.4 is 0 Å². The van der Waals surface area contributed by atoms with Crippen molar-refractivity contribution in [3.63, 3.8) is 0 Å². The van der Waals surface area contributed by atoms with Crippen molar-refractivity contribution in [2.75, 3.05) is 0 Å². The second-order valence-electron chi connectivity index (χ2n) is 2.81. The number of hydrogen-bond acceptors (Lipinski definition) is 2. The molecule has 0 bridgehead atoms. The summed E-state index contributed by atoms with van der Waals surface area (Å²) in [7, 11) is 0. The van der Waals surface area contributed by atoms with Crippen LogP contribution >= 0.6 is 35.3 Å². The molecular weight excluding hydrogens is 269 g/mol. The molecule has 0 atom stereocenters. The normalized spacial score (nSPS) is 15.4. The lowest BCUT2D eigenvalue weighted by molar-refractivity contribution is 0.681. The van der Waals surface area contributed by atoms with Gasteiger partial charge in [-0.05, 0) is 32.6 Å². The van der Waals surface area contributed by atoms with Crippen LogP contribution in [-0.4, -0.2) is 4.98 Å². The van der Waals surface area contributed by atoms with E-state index in [2.05, 4.69) is 11.9 Å². The molecule has 0 fully saturated rings. The van der Waals surface area contributed by atoms with Gasteiger partial charge in [0, 0.05) is 4.88 Å². The van der Waals surface area contributed by atoms with Crippen LogP contribution in [0, 0.1) is 6.92 Å². The molecule has 1 aliphatic rings. The van der Waals surface area contributed by atoms with Gasteiger partial charge >= 0.3 is 0 Å². The van der Waals surface area contributed by atoms with E-state index in [-0.39, 0.29) is 24.0 Å². The van der Waals surface area contributed by atoms with Gasteiger partial charge in [0.15, 0.2) is 0 Å². The predicted octanol–water partition coefficient (Wildman–Crippen LogP) is 2.95. The molecule has 11 heavy (non-hydrogen) atoms. The summed E-state index contributed by atoms with van der Waals surface area (Å²) in [6, 6.07) is 0. The average Bonchev–Trinajstić information content (AvgIpc) is 2.27. The van der Waals surface area contributed by atoms with E-state index in [1.807, 2.05) is 11.3 Å². The van der Waals surface area contributed by atoms with Crippen LogP contribution in [0.25, 0.3) is 0 Å². The summed E-state index contributed by atoms with van der Waals surface area (Å²) in [6.07, 6.45) is 5.21. The van der Waals surface area contributed by atoms with Crippen molar-refractivity contribution in [2.24, 2.45) is 0 Å². The number of nitrogens with zero attached hydrogens (tertiary/aromatic N) is 1. The second kappa shape index (κ2) is 3.85.